The third-order valence-corrected chi connectivity index (χ3v) is 3.37. The summed E-state index contributed by atoms with van der Waals surface area (Å²) in [4.78, 5) is 23.4. The van der Waals surface area contributed by atoms with E-state index >= 15 is 0 Å². The number of anilines is 1. The second-order valence-corrected chi connectivity index (χ2v) is 5.88. The van der Waals surface area contributed by atoms with Gasteiger partial charge in [-0.15, -0.1) is 0 Å². The molecule has 1 rings (SSSR count). The van der Waals surface area contributed by atoms with Gasteiger partial charge in [0.1, 0.15) is 0 Å². The number of hydrogen-bond acceptors (Lipinski definition) is 3. The number of hydrogen-bond donors (Lipinski definition) is 3. The molecule has 3 N–H and O–H groups in total. The summed E-state index contributed by atoms with van der Waals surface area (Å²) in [7, 11) is 0. The maximum absolute atomic E-state index is 11.9. The predicted octanol–water partition coefficient (Wildman–Crippen LogP) is 3.46. The van der Waals surface area contributed by atoms with Crippen LogP contribution in [-0.4, -0.2) is 11.8 Å². The summed E-state index contributed by atoms with van der Waals surface area (Å²) in [6.07, 6.45) is 2.37. The van der Waals surface area contributed by atoms with Crippen LogP contribution < -0.4 is 16.2 Å². The molecule has 0 bridgehead atoms. The van der Waals surface area contributed by atoms with Gasteiger partial charge in [0.25, 0.3) is 0 Å². The fourth-order valence-corrected chi connectivity index (χ4v) is 1.95. The lowest BCUT2D eigenvalue weighted by Gasteiger charge is -2.12. The maximum Gasteiger partial charge on any atom is 0.238 e. The fourth-order valence-electron chi connectivity index (χ4n) is 1.95. The van der Waals surface area contributed by atoms with Crippen molar-refractivity contribution in [2.45, 2.75) is 52.4 Å². The van der Waals surface area contributed by atoms with E-state index in [0.717, 1.165) is 18.5 Å². The number of unbranched alkanes of at least 4 members (excludes halogenated alkanes) is 1. The highest BCUT2D eigenvalue weighted by Crippen LogP contribution is 2.17. The quantitative estimate of drug-likeness (QED) is 0.611. The molecule has 5 nitrogen and oxygen atoms in total. The summed E-state index contributed by atoms with van der Waals surface area (Å²) in [6, 6.07) is 7.77. The minimum atomic E-state index is -0.178. The zero-order chi connectivity index (χ0) is 17.2. The molecule has 0 aliphatic heterocycles. The molecule has 0 atom stereocenters. The molecule has 0 aromatic heterocycles. The maximum atomic E-state index is 11.9. The molecule has 23 heavy (non-hydrogen) atoms. The van der Waals surface area contributed by atoms with Crippen molar-refractivity contribution in [2.75, 3.05) is 5.32 Å². The lowest BCUT2D eigenvalue weighted by Crippen LogP contribution is -2.37. The number of carbonyl (C=O) groups is 2. The Labute approximate surface area is 138 Å². The van der Waals surface area contributed by atoms with Gasteiger partial charge >= 0.3 is 0 Å². The molecule has 0 spiro atoms. The molecule has 0 saturated heterocycles. The minimum Gasteiger partial charge on any atom is -0.326 e. The van der Waals surface area contributed by atoms with Gasteiger partial charge in [-0.3, -0.25) is 15.0 Å². The number of carbonyl (C=O) groups excluding carboxylic acids is 2. The summed E-state index contributed by atoms with van der Waals surface area (Å²) in [5.41, 5.74) is 7.64. The Hall–Kier alpha value is -2.30. The largest absolute Gasteiger partial charge is 0.326 e. The predicted molar refractivity (Wildman–Crippen MR) is 93.7 cm³/mol. The van der Waals surface area contributed by atoms with Crippen LogP contribution in [0, 0.1) is 0 Å². The average molecular weight is 317 g/mol. The van der Waals surface area contributed by atoms with Gasteiger partial charge in [0.15, 0.2) is 0 Å². The smallest absolute Gasteiger partial charge is 0.238 e. The zero-order valence-corrected chi connectivity index (χ0v) is 14.2. The summed E-state index contributed by atoms with van der Waals surface area (Å²) in [5, 5.41) is 2.81. The molecule has 126 valence electrons. The standard InChI is InChI=1S/C18H27N3O2/c1-5-6-7-17(22)21-20-14(4)12-18(23)19-16-10-8-15(9-11-16)13(2)3/h8-11,13,20H,4-7,12H2,1-3H3,(H,19,23)(H,21,22). The molecule has 0 aliphatic rings. The Balaban J connectivity index is 2.35. The third kappa shape index (κ3) is 7.49. The summed E-state index contributed by atoms with van der Waals surface area (Å²) in [6.45, 7) is 10.0. The molecule has 2 amide bonds. The van der Waals surface area contributed by atoms with E-state index in [-0.39, 0.29) is 18.2 Å². The van der Waals surface area contributed by atoms with Gasteiger partial charge in [-0.05, 0) is 30.0 Å². The molecule has 0 saturated carbocycles. The van der Waals surface area contributed by atoms with Crippen LogP contribution in [0.1, 0.15) is 57.9 Å². The third-order valence-electron chi connectivity index (χ3n) is 3.37. The van der Waals surface area contributed by atoms with Crippen molar-refractivity contribution in [2.24, 2.45) is 0 Å². The highest BCUT2D eigenvalue weighted by atomic mass is 16.2. The molecule has 0 radical (unpaired) electrons. The van der Waals surface area contributed by atoms with Crippen molar-refractivity contribution in [3.63, 3.8) is 0 Å². The van der Waals surface area contributed by atoms with Gasteiger partial charge in [0.2, 0.25) is 11.8 Å². The Bertz CT molecular complexity index is 536. The van der Waals surface area contributed by atoms with Gasteiger partial charge < -0.3 is 10.7 Å². The average Bonchev–Trinajstić information content (AvgIpc) is 2.51. The first-order valence-corrected chi connectivity index (χ1v) is 8.04. The molecule has 0 aliphatic carbocycles. The Morgan fingerprint density at radius 3 is 2.30 bits per heavy atom. The number of benzene rings is 1. The first-order chi connectivity index (χ1) is 10.9. The molecule has 0 heterocycles. The van der Waals surface area contributed by atoms with Gasteiger partial charge in [-0.2, -0.15) is 0 Å². The lowest BCUT2D eigenvalue weighted by molar-refractivity contribution is -0.122. The van der Waals surface area contributed by atoms with E-state index in [9.17, 15) is 9.59 Å². The normalized spacial score (nSPS) is 10.3. The van der Waals surface area contributed by atoms with Gasteiger partial charge in [-0.25, -0.2) is 0 Å². The van der Waals surface area contributed by atoms with E-state index < -0.39 is 0 Å². The van der Waals surface area contributed by atoms with Crippen LogP contribution >= 0.6 is 0 Å². The highest BCUT2D eigenvalue weighted by molar-refractivity contribution is 5.92. The van der Waals surface area contributed by atoms with Gasteiger partial charge in [0.05, 0.1) is 6.42 Å². The van der Waals surface area contributed by atoms with Crippen LogP contribution in [0.25, 0.3) is 0 Å². The molecule has 1 aromatic rings. The van der Waals surface area contributed by atoms with Crippen LogP contribution in [0.15, 0.2) is 36.5 Å². The second kappa shape index (κ2) is 9.66. The van der Waals surface area contributed by atoms with Crippen molar-refractivity contribution in [3.05, 3.63) is 42.1 Å². The van der Waals surface area contributed by atoms with E-state index in [4.69, 9.17) is 0 Å². The molecule has 0 unspecified atom stereocenters. The minimum absolute atomic E-state index is 0.0972. The SMILES string of the molecule is C=C(CC(=O)Nc1ccc(C(C)C)cc1)NNC(=O)CCCC. The topological polar surface area (TPSA) is 70.2 Å². The number of rotatable bonds is 9. The lowest BCUT2D eigenvalue weighted by atomic mass is 10.0. The summed E-state index contributed by atoms with van der Waals surface area (Å²) in [5.74, 6) is 0.181. The highest BCUT2D eigenvalue weighted by Gasteiger charge is 2.07. The van der Waals surface area contributed by atoms with Gasteiger partial charge in [-0.1, -0.05) is 45.9 Å². The second-order valence-electron chi connectivity index (χ2n) is 5.88. The van der Waals surface area contributed by atoms with E-state index in [1.54, 1.807) is 0 Å². The zero-order valence-electron chi connectivity index (χ0n) is 14.2. The van der Waals surface area contributed by atoms with Crippen molar-refractivity contribution in [1.82, 2.24) is 10.9 Å². The van der Waals surface area contributed by atoms with Crippen molar-refractivity contribution in [3.8, 4) is 0 Å². The van der Waals surface area contributed by atoms with Crippen molar-refractivity contribution >= 4 is 17.5 Å². The fraction of sp³-hybridized carbons (Fsp3) is 0.444. The van der Waals surface area contributed by atoms with Gasteiger partial charge in [0, 0.05) is 17.8 Å². The van der Waals surface area contributed by atoms with E-state index in [1.165, 1.54) is 5.56 Å². The number of nitrogens with one attached hydrogen (secondary N) is 3. The first-order valence-electron chi connectivity index (χ1n) is 8.04. The van der Waals surface area contributed by atoms with Crippen LogP contribution in [0.3, 0.4) is 0 Å². The molecule has 5 heteroatoms. The Morgan fingerprint density at radius 1 is 1.09 bits per heavy atom. The number of amides is 2. The molecular formula is C18H27N3O2. The first kappa shape index (κ1) is 18.7. The van der Waals surface area contributed by atoms with Crippen LogP contribution in [0.4, 0.5) is 5.69 Å². The molecular weight excluding hydrogens is 290 g/mol. The molecule has 1 aromatic carbocycles. The van der Waals surface area contributed by atoms with Crippen molar-refractivity contribution in [1.29, 1.82) is 0 Å². The van der Waals surface area contributed by atoms with Crippen LogP contribution in [0.5, 0.6) is 0 Å². The van der Waals surface area contributed by atoms with Crippen LogP contribution in [0.2, 0.25) is 0 Å². The van der Waals surface area contributed by atoms with Crippen LogP contribution in [-0.2, 0) is 9.59 Å². The Kier molecular flexibility index (Phi) is 7.88. The summed E-state index contributed by atoms with van der Waals surface area (Å²) >= 11 is 0. The monoisotopic (exact) mass is 317 g/mol. The summed E-state index contributed by atoms with van der Waals surface area (Å²) < 4.78 is 0. The van der Waals surface area contributed by atoms with E-state index in [0.29, 0.717) is 18.0 Å². The van der Waals surface area contributed by atoms with E-state index in [1.807, 2.05) is 31.2 Å². The van der Waals surface area contributed by atoms with E-state index in [2.05, 4.69) is 36.6 Å². The van der Waals surface area contributed by atoms with Crippen molar-refractivity contribution < 1.29 is 9.59 Å². The number of hydrazine groups is 1. The Morgan fingerprint density at radius 2 is 1.74 bits per heavy atom. The molecule has 0 fully saturated rings.